The molecule has 1 amide bonds. The minimum atomic E-state index is -0.365. The van der Waals surface area contributed by atoms with Gasteiger partial charge in [-0.3, -0.25) is 4.79 Å². The molecule has 9 heteroatoms. The van der Waals surface area contributed by atoms with E-state index in [1.54, 1.807) is 17.0 Å². The highest BCUT2D eigenvalue weighted by atomic mass is 19.1. The third-order valence-corrected chi connectivity index (χ3v) is 4.61. The van der Waals surface area contributed by atoms with Gasteiger partial charge in [-0.1, -0.05) is 18.6 Å². The molecule has 1 aliphatic heterocycles. The Bertz CT molecular complexity index is 1150. The van der Waals surface area contributed by atoms with E-state index in [4.69, 9.17) is 4.74 Å². The molecule has 2 aromatic heterocycles. The first-order chi connectivity index (χ1) is 14.6. The normalized spacial score (nSPS) is 15.5. The molecule has 0 saturated carbocycles. The second-order valence-corrected chi connectivity index (χ2v) is 6.67. The summed E-state index contributed by atoms with van der Waals surface area (Å²) < 4.78 is 18.5. The molecule has 0 radical (unpaired) electrons. The summed E-state index contributed by atoms with van der Waals surface area (Å²) in [6.07, 6.45) is 3.57. The number of fused-ring (bicyclic) bond motifs is 1. The summed E-state index contributed by atoms with van der Waals surface area (Å²) in [5, 5.41) is 3.33. The van der Waals surface area contributed by atoms with Crippen LogP contribution in [0.25, 0.3) is 11.2 Å². The monoisotopic (exact) mass is 406 g/mol. The predicted molar refractivity (Wildman–Crippen MR) is 109 cm³/mol. The molecular weight excluding hydrogens is 387 g/mol. The minimum absolute atomic E-state index is 0.0675. The number of nitrogens with one attached hydrogen (secondary N) is 2. The quantitative estimate of drug-likeness (QED) is 0.498. The van der Waals surface area contributed by atoms with Crippen LogP contribution < -0.4 is 10.1 Å². The fourth-order valence-corrected chi connectivity index (χ4v) is 3.19. The van der Waals surface area contributed by atoms with Crippen molar-refractivity contribution in [2.75, 3.05) is 25.0 Å². The lowest BCUT2D eigenvalue weighted by molar-refractivity contribution is -0.125. The van der Waals surface area contributed by atoms with Crippen LogP contribution in [0.5, 0.6) is 5.75 Å². The van der Waals surface area contributed by atoms with Crippen LogP contribution in [0.1, 0.15) is 12.2 Å². The summed E-state index contributed by atoms with van der Waals surface area (Å²) in [7, 11) is 0. The summed E-state index contributed by atoms with van der Waals surface area (Å²) in [6, 6.07) is 5.94. The Hall–Kier alpha value is -3.93. The van der Waals surface area contributed by atoms with Crippen LogP contribution in [0, 0.1) is 17.7 Å². The van der Waals surface area contributed by atoms with Crippen molar-refractivity contribution < 1.29 is 13.9 Å². The number of imidazole rings is 1. The van der Waals surface area contributed by atoms with Crippen LogP contribution in [-0.4, -0.2) is 56.5 Å². The second-order valence-electron chi connectivity index (χ2n) is 6.67. The fourth-order valence-electron chi connectivity index (χ4n) is 3.19. The zero-order valence-corrected chi connectivity index (χ0v) is 16.1. The van der Waals surface area contributed by atoms with Gasteiger partial charge >= 0.3 is 0 Å². The fraction of sp³-hybridized carbons (Fsp3) is 0.238. The highest BCUT2D eigenvalue weighted by molar-refractivity contribution is 5.87. The summed E-state index contributed by atoms with van der Waals surface area (Å²) in [5.41, 5.74) is 1.13. The van der Waals surface area contributed by atoms with Crippen molar-refractivity contribution in [3.8, 4) is 17.6 Å². The topological polar surface area (TPSA) is 96.0 Å². The number of rotatable bonds is 5. The lowest BCUT2D eigenvalue weighted by Crippen LogP contribution is -2.30. The number of nitrogens with zero attached hydrogens (tertiary/aromatic N) is 4. The summed E-state index contributed by atoms with van der Waals surface area (Å²) >= 11 is 0. The Morgan fingerprint density at radius 1 is 1.47 bits per heavy atom. The summed E-state index contributed by atoms with van der Waals surface area (Å²) in [5.74, 6) is 6.68. The molecule has 0 bridgehead atoms. The molecule has 3 aromatic rings. The van der Waals surface area contributed by atoms with Gasteiger partial charge in [-0.2, -0.15) is 0 Å². The van der Waals surface area contributed by atoms with Crippen molar-refractivity contribution in [1.82, 2.24) is 24.8 Å². The molecule has 1 saturated heterocycles. The number of carbonyl (C=O) groups excluding carboxylic acids is 1. The molecule has 30 heavy (non-hydrogen) atoms. The minimum Gasteiger partial charge on any atom is -0.481 e. The predicted octanol–water partition coefficient (Wildman–Crippen LogP) is 2.12. The number of ether oxygens (including phenoxy) is 1. The van der Waals surface area contributed by atoms with E-state index in [0.717, 1.165) is 6.42 Å². The van der Waals surface area contributed by atoms with Gasteiger partial charge in [0.25, 0.3) is 0 Å². The highest BCUT2D eigenvalue weighted by Crippen LogP contribution is 2.20. The van der Waals surface area contributed by atoms with Gasteiger partial charge in [0.1, 0.15) is 24.5 Å². The van der Waals surface area contributed by atoms with E-state index in [2.05, 4.69) is 43.7 Å². The molecular formula is C21H19FN6O2. The van der Waals surface area contributed by atoms with Gasteiger partial charge < -0.3 is 19.9 Å². The Labute approximate surface area is 172 Å². The molecule has 8 nitrogen and oxygen atoms in total. The maximum Gasteiger partial charge on any atom is 0.246 e. The third kappa shape index (κ3) is 4.38. The van der Waals surface area contributed by atoms with Crippen molar-refractivity contribution in [3.05, 3.63) is 54.9 Å². The van der Waals surface area contributed by atoms with Crippen molar-refractivity contribution >= 4 is 22.9 Å². The van der Waals surface area contributed by atoms with E-state index >= 15 is 0 Å². The zero-order valence-electron chi connectivity index (χ0n) is 16.1. The Balaban J connectivity index is 1.42. The Morgan fingerprint density at radius 3 is 3.20 bits per heavy atom. The standard InChI is InChI=1S/C21H19FN6O2/c1-2-18(29)28-9-8-15(12-28)25-20-19-21(24-13-23-20)27-17(26-19)7-4-10-30-16-6-3-5-14(22)11-16/h2-3,5-6,11,13,15H,1,8-10,12H2,(H2,23,24,25,26,27). The Morgan fingerprint density at radius 2 is 2.37 bits per heavy atom. The lowest BCUT2D eigenvalue weighted by Gasteiger charge is -2.15. The first-order valence-corrected chi connectivity index (χ1v) is 9.38. The van der Waals surface area contributed by atoms with Gasteiger partial charge in [0.05, 0.1) is 0 Å². The Kier molecular flexibility index (Phi) is 5.57. The molecule has 1 aliphatic rings. The smallest absolute Gasteiger partial charge is 0.246 e. The highest BCUT2D eigenvalue weighted by Gasteiger charge is 2.25. The number of hydrogen-bond donors (Lipinski definition) is 2. The molecule has 1 atom stereocenters. The second kappa shape index (κ2) is 8.61. The van der Waals surface area contributed by atoms with E-state index in [-0.39, 0.29) is 24.4 Å². The van der Waals surface area contributed by atoms with Gasteiger partial charge in [0.15, 0.2) is 22.8 Å². The molecule has 1 fully saturated rings. The van der Waals surface area contributed by atoms with Crippen molar-refractivity contribution in [3.63, 3.8) is 0 Å². The maximum atomic E-state index is 13.1. The van der Waals surface area contributed by atoms with Crippen LogP contribution >= 0.6 is 0 Å². The van der Waals surface area contributed by atoms with E-state index in [1.165, 1.54) is 24.5 Å². The molecule has 1 unspecified atom stereocenters. The van der Waals surface area contributed by atoms with Crippen LogP contribution in [0.2, 0.25) is 0 Å². The van der Waals surface area contributed by atoms with Gasteiger partial charge in [-0.05, 0) is 30.6 Å². The van der Waals surface area contributed by atoms with Crippen LogP contribution in [0.15, 0.2) is 43.2 Å². The third-order valence-electron chi connectivity index (χ3n) is 4.61. The van der Waals surface area contributed by atoms with E-state index in [0.29, 0.717) is 41.6 Å². The summed E-state index contributed by atoms with van der Waals surface area (Å²) in [6.45, 7) is 4.85. The lowest BCUT2D eigenvalue weighted by atomic mass is 10.2. The molecule has 152 valence electrons. The molecule has 4 rings (SSSR count). The van der Waals surface area contributed by atoms with E-state index in [9.17, 15) is 9.18 Å². The van der Waals surface area contributed by atoms with Gasteiger partial charge in [-0.25, -0.2) is 19.3 Å². The van der Waals surface area contributed by atoms with E-state index in [1.807, 2.05) is 0 Å². The number of benzene rings is 1. The SMILES string of the molecule is C=CC(=O)N1CCC(Nc2ncnc3[nH]c(C#CCOc4cccc(F)c4)nc23)C1. The van der Waals surface area contributed by atoms with E-state index < -0.39 is 0 Å². The summed E-state index contributed by atoms with van der Waals surface area (Å²) in [4.78, 5) is 29.5. The number of hydrogen-bond acceptors (Lipinski definition) is 6. The number of likely N-dealkylation sites (tertiary alicyclic amines) is 1. The van der Waals surface area contributed by atoms with Gasteiger partial charge in [0, 0.05) is 25.2 Å². The molecule has 0 spiro atoms. The molecule has 3 heterocycles. The zero-order chi connectivity index (χ0) is 20.9. The number of aromatic amines is 1. The average Bonchev–Trinajstić information content (AvgIpc) is 3.38. The van der Waals surface area contributed by atoms with Crippen LogP contribution in [0.3, 0.4) is 0 Å². The molecule has 1 aromatic carbocycles. The molecule has 0 aliphatic carbocycles. The van der Waals surface area contributed by atoms with Crippen LogP contribution in [0.4, 0.5) is 10.2 Å². The largest absolute Gasteiger partial charge is 0.481 e. The maximum absolute atomic E-state index is 13.1. The van der Waals surface area contributed by atoms with Crippen molar-refractivity contribution in [2.24, 2.45) is 0 Å². The number of halogens is 1. The number of amides is 1. The number of anilines is 1. The van der Waals surface area contributed by atoms with Crippen LogP contribution in [-0.2, 0) is 4.79 Å². The van der Waals surface area contributed by atoms with Crippen molar-refractivity contribution in [2.45, 2.75) is 12.5 Å². The first kappa shape index (κ1) is 19.4. The first-order valence-electron chi connectivity index (χ1n) is 9.38. The van der Waals surface area contributed by atoms with Gasteiger partial charge in [-0.15, -0.1) is 0 Å². The number of carbonyl (C=O) groups is 1. The number of aromatic nitrogens is 4. The van der Waals surface area contributed by atoms with Gasteiger partial charge in [0.2, 0.25) is 5.91 Å². The van der Waals surface area contributed by atoms with Crippen molar-refractivity contribution in [1.29, 1.82) is 0 Å². The molecule has 2 N–H and O–H groups in total. The average molecular weight is 406 g/mol. The number of H-pyrrole nitrogens is 1.